The van der Waals surface area contributed by atoms with E-state index in [4.69, 9.17) is 0 Å². The van der Waals surface area contributed by atoms with Crippen molar-refractivity contribution in [2.45, 2.75) is 26.7 Å². The zero-order valence-corrected chi connectivity index (χ0v) is 15.1. The highest BCUT2D eigenvalue weighted by Crippen LogP contribution is 2.30. The lowest BCUT2D eigenvalue weighted by molar-refractivity contribution is 0.706. The summed E-state index contributed by atoms with van der Waals surface area (Å²) < 4.78 is 1.12. The molecule has 1 nitrogen and oxygen atoms in total. The van der Waals surface area contributed by atoms with Crippen LogP contribution in [0.4, 0.5) is 0 Å². The van der Waals surface area contributed by atoms with Gasteiger partial charge < -0.3 is 5.32 Å². The van der Waals surface area contributed by atoms with Crippen LogP contribution in [0.1, 0.15) is 31.6 Å². The summed E-state index contributed by atoms with van der Waals surface area (Å²) in [6.45, 7) is 6.51. The molecule has 0 spiro atoms. The minimum absolute atomic E-state index is 0.996. The second kappa shape index (κ2) is 8.52. The third-order valence-electron chi connectivity index (χ3n) is 3.33. The Morgan fingerprint density at radius 1 is 1.14 bits per heavy atom. The van der Waals surface area contributed by atoms with Crippen LogP contribution in [-0.4, -0.2) is 13.1 Å². The molecule has 0 aliphatic rings. The highest BCUT2D eigenvalue weighted by atomic mass is 79.9. The van der Waals surface area contributed by atoms with Crippen molar-refractivity contribution < 1.29 is 0 Å². The third kappa shape index (κ3) is 5.10. The molecule has 0 aliphatic carbocycles. The Hall–Kier alpha value is -0.900. The standard InChI is InChI=1S/C18H22BrNS/c1-3-11-20-13-14(4-2)12-17-9-10-18(21-17)15-5-7-16(19)8-6-15/h5-10,12,20H,3-4,11,13H2,1-2H3. The van der Waals surface area contributed by atoms with E-state index in [1.54, 1.807) is 0 Å². The zero-order chi connectivity index (χ0) is 15.1. The average molecular weight is 364 g/mol. The van der Waals surface area contributed by atoms with Crippen molar-refractivity contribution in [1.82, 2.24) is 5.32 Å². The molecular formula is C18H22BrNS. The number of hydrogen-bond acceptors (Lipinski definition) is 2. The Labute approximate surface area is 140 Å². The molecule has 1 N–H and O–H groups in total. The van der Waals surface area contributed by atoms with Crippen LogP contribution in [-0.2, 0) is 0 Å². The average Bonchev–Trinajstić information content (AvgIpc) is 2.95. The quantitative estimate of drug-likeness (QED) is 0.597. The van der Waals surface area contributed by atoms with E-state index < -0.39 is 0 Å². The molecule has 0 atom stereocenters. The van der Waals surface area contributed by atoms with Crippen LogP contribution in [0, 0.1) is 0 Å². The second-order valence-electron chi connectivity index (χ2n) is 5.04. The lowest BCUT2D eigenvalue weighted by Crippen LogP contribution is -2.17. The monoisotopic (exact) mass is 363 g/mol. The normalized spacial score (nSPS) is 11.9. The van der Waals surface area contributed by atoms with Crippen LogP contribution < -0.4 is 5.32 Å². The van der Waals surface area contributed by atoms with Gasteiger partial charge in [0.1, 0.15) is 0 Å². The largest absolute Gasteiger partial charge is 0.313 e. The molecule has 112 valence electrons. The maximum atomic E-state index is 3.48. The summed E-state index contributed by atoms with van der Waals surface area (Å²) in [5, 5.41) is 3.48. The van der Waals surface area contributed by atoms with Gasteiger partial charge in [0.2, 0.25) is 0 Å². The molecular weight excluding hydrogens is 342 g/mol. The summed E-state index contributed by atoms with van der Waals surface area (Å²) in [5.41, 5.74) is 2.75. The number of hydrogen-bond donors (Lipinski definition) is 1. The Morgan fingerprint density at radius 3 is 2.57 bits per heavy atom. The Kier molecular flexibility index (Phi) is 6.68. The van der Waals surface area contributed by atoms with E-state index in [9.17, 15) is 0 Å². The molecule has 1 heterocycles. The Balaban J connectivity index is 2.09. The summed E-state index contributed by atoms with van der Waals surface area (Å²) in [4.78, 5) is 2.66. The third-order valence-corrected chi connectivity index (χ3v) is 4.94. The van der Waals surface area contributed by atoms with Crippen LogP contribution in [0.5, 0.6) is 0 Å². The van der Waals surface area contributed by atoms with Crippen molar-refractivity contribution in [2.24, 2.45) is 0 Å². The molecule has 3 heteroatoms. The molecule has 0 bridgehead atoms. The lowest BCUT2D eigenvalue weighted by atomic mass is 10.1. The van der Waals surface area contributed by atoms with E-state index in [1.165, 1.54) is 27.3 Å². The molecule has 1 aromatic carbocycles. The summed E-state index contributed by atoms with van der Waals surface area (Å²) in [6.07, 6.45) is 4.61. The van der Waals surface area contributed by atoms with Gasteiger partial charge in [-0.3, -0.25) is 0 Å². The van der Waals surface area contributed by atoms with Crippen molar-refractivity contribution in [3.8, 4) is 10.4 Å². The summed E-state index contributed by atoms with van der Waals surface area (Å²) in [7, 11) is 0. The topological polar surface area (TPSA) is 12.0 Å². The molecule has 0 radical (unpaired) electrons. The van der Waals surface area contributed by atoms with Gasteiger partial charge in [0.05, 0.1) is 0 Å². The minimum atomic E-state index is 0.996. The highest BCUT2D eigenvalue weighted by molar-refractivity contribution is 9.10. The van der Waals surface area contributed by atoms with E-state index in [2.05, 4.69) is 77.6 Å². The van der Waals surface area contributed by atoms with Gasteiger partial charge in [0, 0.05) is 20.8 Å². The van der Waals surface area contributed by atoms with Crippen LogP contribution >= 0.6 is 27.3 Å². The Morgan fingerprint density at radius 2 is 1.90 bits per heavy atom. The van der Waals surface area contributed by atoms with Crippen LogP contribution in [0.15, 0.2) is 46.4 Å². The first-order valence-corrected chi connectivity index (χ1v) is 9.09. The van der Waals surface area contributed by atoms with Gasteiger partial charge >= 0.3 is 0 Å². The number of rotatable bonds is 7. The van der Waals surface area contributed by atoms with E-state index in [1.807, 2.05) is 11.3 Å². The van der Waals surface area contributed by atoms with Gasteiger partial charge in [-0.1, -0.05) is 47.5 Å². The van der Waals surface area contributed by atoms with Gasteiger partial charge in [0.25, 0.3) is 0 Å². The molecule has 2 aromatic rings. The van der Waals surface area contributed by atoms with Gasteiger partial charge in [-0.2, -0.15) is 0 Å². The van der Waals surface area contributed by atoms with Gasteiger partial charge in [-0.05, 0) is 55.3 Å². The maximum Gasteiger partial charge on any atom is 0.0349 e. The summed E-state index contributed by atoms with van der Waals surface area (Å²) in [6, 6.07) is 12.9. The van der Waals surface area contributed by atoms with E-state index in [-0.39, 0.29) is 0 Å². The number of benzene rings is 1. The fraction of sp³-hybridized carbons (Fsp3) is 0.333. The highest BCUT2D eigenvalue weighted by Gasteiger charge is 2.03. The molecule has 0 saturated heterocycles. The van der Waals surface area contributed by atoms with Crippen molar-refractivity contribution in [3.63, 3.8) is 0 Å². The first-order chi connectivity index (χ1) is 10.2. The smallest absolute Gasteiger partial charge is 0.0349 e. The maximum absolute atomic E-state index is 3.48. The molecule has 2 rings (SSSR count). The second-order valence-corrected chi connectivity index (χ2v) is 7.07. The predicted molar refractivity (Wildman–Crippen MR) is 98.9 cm³/mol. The molecule has 0 fully saturated rings. The number of thiophene rings is 1. The molecule has 0 unspecified atom stereocenters. The first-order valence-electron chi connectivity index (χ1n) is 7.49. The lowest BCUT2D eigenvalue weighted by Gasteiger charge is -2.05. The summed E-state index contributed by atoms with van der Waals surface area (Å²) >= 11 is 5.34. The number of halogens is 1. The minimum Gasteiger partial charge on any atom is -0.313 e. The fourth-order valence-electron chi connectivity index (χ4n) is 2.10. The van der Waals surface area contributed by atoms with E-state index in [0.29, 0.717) is 0 Å². The summed E-state index contributed by atoms with van der Waals surface area (Å²) in [5.74, 6) is 0. The molecule has 0 aliphatic heterocycles. The van der Waals surface area contributed by atoms with Crippen LogP contribution in [0.2, 0.25) is 0 Å². The first kappa shape index (κ1) is 16.5. The fourth-order valence-corrected chi connectivity index (χ4v) is 3.37. The molecule has 0 amide bonds. The molecule has 1 aromatic heterocycles. The van der Waals surface area contributed by atoms with Gasteiger partial charge in [-0.25, -0.2) is 0 Å². The van der Waals surface area contributed by atoms with Crippen molar-refractivity contribution in [3.05, 3.63) is 51.3 Å². The predicted octanol–water partition coefficient (Wildman–Crippen LogP) is 5.97. The van der Waals surface area contributed by atoms with Gasteiger partial charge in [0.15, 0.2) is 0 Å². The molecule has 0 saturated carbocycles. The van der Waals surface area contributed by atoms with Crippen LogP contribution in [0.3, 0.4) is 0 Å². The van der Waals surface area contributed by atoms with Gasteiger partial charge in [-0.15, -0.1) is 11.3 Å². The van der Waals surface area contributed by atoms with Crippen molar-refractivity contribution >= 4 is 33.3 Å². The van der Waals surface area contributed by atoms with E-state index in [0.717, 1.165) is 24.0 Å². The van der Waals surface area contributed by atoms with Crippen molar-refractivity contribution in [1.29, 1.82) is 0 Å². The number of nitrogens with one attached hydrogen (secondary N) is 1. The Bertz CT molecular complexity index is 584. The van der Waals surface area contributed by atoms with Crippen LogP contribution in [0.25, 0.3) is 16.5 Å². The molecule has 21 heavy (non-hydrogen) atoms. The SMILES string of the molecule is CCCNCC(=Cc1ccc(-c2ccc(Br)cc2)s1)CC. The van der Waals surface area contributed by atoms with Crippen molar-refractivity contribution in [2.75, 3.05) is 13.1 Å². The van der Waals surface area contributed by atoms with E-state index >= 15 is 0 Å². The zero-order valence-electron chi connectivity index (χ0n) is 12.7.